The Bertz CT molecular complexity index is 790. The topological polar surface area (TPSA) is 0 Å². The molecule has 0 aliphatic carbocycles. The van der Waals surface area contributed by atoms with Gasteiger partial charge < -0.3 is 0 Å². The Morgan fingerprint density at radius 2 is 1.43 bits per heavy atom. The smallest absolute Gasteiger partial charge is 0.167 e. The minimum Gasteiger partial charge on any atom is -0.204 e. The Labute approximate surface area is 135 Å². The number of aryl methyl sites for hydroxylation is 1. The molecule has 0 saturated carbocycles. The molecule has 2 heteroatoms. The van der Waals surface area contributed by atoms with E-state index in [1.54, 1.807) is 6.07 Å². The van der Waals surface area contributed by atoms with Crippen molar-refractivity contribution in [1.82, 2.24) is 0 Å². The molecule has 0 nitrogen and oxygen atoms in total. The first-order valence-electron chi connectivity index (χ1n) is 7.83. The van der Waals surface area contributed by atoms with Crippen LogP contribution in [0, 0.1) is 11.6 Å². The van der Waals surface area contributed by atoms with E-state index in [1.807, 2.05) is 54.6 Å². The van der Waals surface area contributed by atoms with Gasteiger partial charge in [-0.15, -0.1) is 0 Å². The summed E-state index contributed by atoms with van der Waals surface area (Å²) < 4.78 is 28.3. The van der Waals surface area contributed by atoms with Gasteiger partial charge in [0.2, 0.25) is 0 Å². The van der Waals surface area contributed by atoms with E-state index in [4.69, 9.17) is 0 Å². The van der Waals surface area contributed by atoms with Crippen LogP contribution in [-0.2, 0) is 6.42 Å². The van der Waals surface area contributed by atoms with Gasteiger partial charge in [-0.2, -0.15) is 0 Å². The molecule has 0 N–H and O–H groups in total. The van der Waals surface area contributed by atoms with Crippen molar-refractivity contribution in [3.8, 4) is 22.3 Å². The predicted molar refractivity (Wildman–Crippen MR) is 91.2 cm³/mol. The van der Waals surface area contributed by atoms with Crippen molar-refractivity contribution < 1.29 is 8.78 Å². The second kappa shape index (κ2) is 6.74. The molecular formula is C21H18F2. The van der Waals surface area contributed by atoms with Gasteiger partial charge in [0.25, 0.3) is 0 Å². The average molecular weight is 308 g/mol. The van der Waals surface area contributed by atoms with Gasteiger partial charge in [-0.1, -0.05) is 74.0 Å². The molecule has 0 spiro atoms. The molecule has 0 saturated heterocycles. The lowest BCUT2D eigenvalue weighted by Crippen LogP contribution is -1.94. The standard InChI is InChI=1S/C21H18F2/c1-2-6-15-9-11-17(12-10-15)20-18(13-14-19(22)21(20)23)16-7-4-3-5-8-16/h3-5,7-14H,2,6H2,1H3. The molecule has 0 radical (unpaired) electrons. The Kier molecular flexibility index (Phi) is 4.52. The first-order chi connectivity index (χ1) is 11.2. The summed E-state index contributed by atoms with van der Waals surface area (Å²) in [5, 5.41) is 0. The summed E-state index contributed by atoms with van der Waals surface area (Å²) in [4.78, 5) is 0. The van der Waals surface area contributed by atoms with Crippen LogP contribution in [0.1, 0.15) is 18.9 Å². The Balaban J connectivity index is 2.15. The van der Waals surface area contributed by atoms with E-state index in [0.29, 0.717) is 16.7 Å². The molecule has 0 heterocycles. The van der Waals surface area contributed by atoms with Gasteiger partial charge in [0.1, 0.15) is 0 Å². The van der Waals surface area contributed by atoms with Crippen LogP contribution >= 0.6 is 0 Å². The van der Waals surface area contributed by atoms with E-state index in [9.17, 15) is 8.78 Å². The van der Waals surface area contributed by atoms with Crippen LogP contribution in [0.25, 0.3) is 22.3 Å². The van der Waals surface area contributed by atoms with Crippen molar-refractivity contribution in [2.75, 3.05) is 0 Å². The van der Waals surface area contributed by atoms with Crippen molar-refractivity contribution in [1.29, 1.82) is 0 Å². The molecular weight excluding hydrogens is 290 g/mol. The van der Waals surface area contributed by atoms with Crippen LogP contribution in [0.5, 0.6) is 0 Å². The van der Waals surface area contributed by atoms with E-state index in [0.717, 1.165) is 18.4 Å². The van der Waals surface area contributed by atoms with Crippen molar-refractivity contribution in [2.24, 2.45) is 0 Å². The zero-order valence-electron chi connectivity index (χ0n) is 13.0. The number of rotatable bonds is 4. The van der Waals surface area contributed by atoms with Gasteiger partial charge in [-0.3, -0.25) is 0 Å². The molecule has 0 bridgehead atoms. The van der Waals surface area contributed by atoms with Gasteiger partial charge >= 0.3 is 0 Å². The highest BCUT2D eigenvalue weighted by molar-refractivity contribution is 5.84. The van der Waals surface area contributed by atoms with E-state index >= 15 is 0 Å². The Hall–Kier alpha value is -2.48. The molecule has 3 aromatic rings. The molecule has 0 atom stereocenters. The minimum atomic E-state index is -0.822. The van der Waals surface area contributed by atoms with Crippen LogP contribution in [0.15, 0.2) is 66.7 Å². The quantitative estimate of drug-likeness (QED) is 0.534. The number of hydrogen-bond donors (Lipinski definition) is 0. The number of halogens is 2. The molecule has 0 amide bonds. The minimum absolute atomic E-state index is 0.319. The lowest BCUT2D eigenvalue weighted by molar-refractivity contribution is 0.511. The van der Waals surface area contributed by atoms with E-state index in [-0.39, 0.29) is 0 Å². The van der Waals surface area contributed by atoms with Crippen molar-refractivity contribution >= 4 is 0 Å². The molecule has 0 aliphatic heterocycles. The predicted octanol–water partition coefficient (Wildman–Crippen LogP) is 6.25. The van der Waals surface area contributed by atoms with E-state index in [2.05, 4.69) is 6.92 Å². The fourth-order valence-electron chi connectivity index (χ4n) is 2.82. The van der Waals surface area contributed by atoms with Crippen molar-refractivity contribution in [3.05, 3.63) is 83.9 Å². The van der Waals surface area contributed by atoms with Gasteiger partial charge in [-0.25, -0.2) is 8.78 Å². The van der Waals surface area contributed by atoms with E-state index < -0.39 is 11.6 Å². The second-order valence-corrected chi connectivity index (χ2v) is 5.60. The van der Waals surface area contributed by atoms with Crippen molar-refractivity contribution in [3.63, 3.8) is 0 Å². The Morgan fingerprint density at radius 3 is 2.09 bits per heavy atom. The highest BCUT2D eigenvalue weighted by Crippen LogP contribution is 2.35. The summed E-state index contributed by atoms with van der Waals surface area (Å²) in [5.41, 5.74) is 3.79. The maximum atomic E-state index is 14.5. The first kappa shape index (κ1) is 15.4. The highest BCUT2D eigenvalue weighted by Gasteiger charge is 2.16. The summed E-state index contributed by atoms with van der Waals surface area (Å²) in [5.74, 6) is -1.62. The highest BCUT2D eigenvalue weighted by atomic mass is 19.2. The van der Waals surface area contributed by atoms with Gasteiger partial charge in [0, 0.05) is 5.56 Å². The van der Waals surface area contributed by atoms with Gasteiger partial charge in [0.05, 0.1) is 0 Å². The third-order valence-corrected chi connectivity index (χ3v) is 3.96. The summed E-state index contributed by atoms with van der Waals surface area (Å²) in [6, 6.07) is 20.0. The van der Waals surface area contributed by atoms with Crippen LogP contribution in [0.4, 0.5) is 8.78 Å². The second-order valence-electron chi connectivity index (χ2n) is 5.60. The third kappa shape index (κ3) is 3.16. The zero-order valence-corrected chi connectivity index (χ0v) is 13.0. The first-order valence-corrected chi connectivity index (χ1v) is 7.83. The van der Waals surface area contributed by atoms with Crippen LogP contribution in [0.3, 0.4) is 0 Å². The zero-order chi connectivity index (χ0) is 16.2. The summed E-state index contributed by atoms with van der Waals surface area (Å²) >= 11 is 0. The fourth-order valence-corrected chi connectivity index (χ4v) is 2.82. The van der Waals surface area contributed by atoms with Gasteiger partial charge in [0.15, 0.2) is 11.6 Å². The van der Waals surface area contributed by atoms with Gasteiger partial charge in [-0.05, 0) is 34.7 Å². The Morgan fingerprint density at radius 1 is 0.739 bits per heavy atom. The maximum Gasteiger partial charge on any atom is 0.167 e. The molecule has 116 valence electrons. The molecule has 0 aliphatic rings. The number of benzene rings is 3. The van der Waals surface area contributed by atoms with Crippen LogP contribution in [-0.4, -0.2) is 0 Å². The third-order valence-electron chi connectivity index (χ3n) is 3.96. The molecule has 0 aromatic heterocycles. The number of hydrogen-bond acceptors (Lipinski definition) is 0. The lowest BCUT2D eigenvalue weighted by Gasteiger charge is -2.12. The normalized spacial score (nSPS) is 10.7. The molecule has 23 heavy (non-hydrogen) atoms. The van der Waals surface area contributed by atoms with E-state index in [1.165, 1.54) is 11.6 Å². The van der Waals surface area contributed by atoms with Crippen LogP contribution in [0.2, 0.25) is 0 Å². The summed E-state index contributed by atoms with van der Waals surface area (Å²) in [6.07, 6.45) is 2.04. The summed E-state index contributed by atoms with van der Waals surface area (Å²) in [7, 11) is 0. The lowest BCUT2D eigenvalue weighted by atomic mass is 9.93. The average Bonchev–Trinajstić information content (AvgIpc) is 2.59. The van der Waals surface area contributed by atoms with Crippen molar-refractivity contribution in [2.45, 2.75) is 19.8 Å². The molecule has 0 fully saturated rings. The molecule has 3 aromatic carbocycles. The SMILES string of the molecule is CCCc1ccc(-c2c(-c3ccccc3)ccc(F)c2F)cc1. The molecule has 3 rings (SSSR count). The fraction of sp³-hybridized carbons (Fsp3) is 0.143. The summed E-state index contributed by atoms with van der Waals surface area (Å²) in [6.45, 7) is 2.12. The largest absolute Gasteiger partial charge is 0.204 e. The molecule has 0 unspecified atom stereocenters. The monoisotopic (exact) mass is 308 g/mol. The maximum absolute atomic E-state index is 14.5. The van der Waals surface area contributed by atoms with Crippen LogP contribution < -0.4 is 0 Å².